The highest BCUT2D eigenvalue weighted by Crippen LogP contribution is 2.39. The fourth-order valence-electron chi connectivity index (χ4n) is 1.66. The summed E-state index contributed by atoms with van der Waals surface area (Å²) >= 11 is 0. The number of nitrogens with zero attached hydrogens (tertiary/aromatic N) is 1. The van der Waals surface area contributed by atoms with Crippen LogP contribution < -0.4 is 5.32 Å². The van der Waals surface area contributed by atoms with Gasteiger partial charge in [0.1, 0.15) is 0 Å². The van der Waals surface area contributed by atoms with Crippen LogP contribution in [-0.4, -0.2) is 17.0 Å². The van der Waals surface area contributed by atoms with E-state index >= 15 is 0 Å². The fourth-order valence-corrected chi connectivity index (χ4v) is 1.66. The molecule has 1 amide bonds. The van der Waals surface area contributed by atoms with Gasteiger partial charge in [-0.15, -0.1) is 0 Å². The number of carboxylic acids is 1. The summed E-state index contributed by atoms with van der Waals surface area (Å²) in [5, 5.41) is 20.0. The predicted molar refractivity (Wildman–Crippen MR) is 59.0 cm³/mol. The average Bonchev–Trinajstić information content (AvgIpc) is 3.09. The van der Waals surface area contributed by atoms with Crippen LogP contribution >= 0.6 is 0 Å². The van der Waals surface area contributed by atoms with Crippen LogP contribution in [0.5, 0.6) is 0 Å². The molecule has 5 nitrogen and oxygen atoms in total. The summed E-state index contributed by atoms with van der Waals surface area (Å²) in [5.74, 6) is -2.24. The maximum Gasteiger partial charge on any atom is 0.307 e. The number of rotatable bonds is 3. The second-order valence-corrected chi connectivity index (χ2v) is 3.97. The van der Waals surface area contributed by atoms with Gasteiger partial charge in [0.15, 0.2) is 0 Å². The molecule has 1 saturated carbocycles. The Morgan fingerprint density at radius 1 is 1.41 bits per heavy atom. The quantitative estimate of drug-likeness (QED) is 0.816. The maximum absolute atomic E-state index is 11.6. The Hall–Kier alpha value is -2.35. The molecular weight excluding hydrogens is 220 g/mol. The van der Waals surface area contributed by atoms with Gasteiger partial charge in [0.05, 0.1) is 23.5 Å². The summed E-state index contributed by atoms with van der Waals surface area (Å²) < 4.78 is 0. The largest absolute Gasteiger partial charge is 0.481 e. The third-order valence-electron chi connectivity index (χ3n) is 2.70. The van der Waals surface area contributed by atoms with Gasteiger partial charge in [-0.05, 0) is 24.6 Å². The first kappa shape index (κ1) is 11.1. The van der Waals surface area contributed by atoms with E-state index in [1.807, 2.05) is 6.07 Å². The zero-order valence-electron chi connectivity index (χ0n) is 8.88. The number of hydrogen-bond acceptors (Lipinski definition) is 3. The summed E-state index contributed by atoms with van der Waals surface area (Å²) in [6, 6.07) is 8.48. The molecule has 2 rings (SSSR count). The minimum atomic E-state index is -0.934. The number of amides is 1. The van der Waals surface area contributed by atoms with Gasteiger partial charge in [-0.25, -0.2) is 0 Å². The smallest absolute Gasteiger partial charge is 0.307 e. The van der Waals surface area contributed by atoms with Crippen molar-refractivity contribution in [3.8, 4) is 6.07 Å². The van der Waals surface area contributed by atoms with Crippen molar-refractivity contribution in [2.75, 3.05) is 5.32 Å². The molecule has 2 atom stereocenters. The lowest BCUT2D eigenvalue weighted by molar-refractivity contribution is -0.139. The zero-order chi connectivity index (χ0) is 12.4. The van der Waals surface area contributed by atoms with Gasteiger partial charge in [0, 0.05) is 5.69 Å². The first-order chi connectivity index (χ1) is 8.11. The number of hydrogen-bond donors (Lipinski definition) is 2. The van der Waals surface area contributed by atoms with Crippen LogP contribution in [0.3, 0.4) is 0 Å². The van der Waals surface area contributed by atoms with Crippen LogP contribution in [0.15, 0.2) is 24.3 Å². The van der Waals surface area contributed by atoms with Gasteiger partial charge in [-0.3, -0.25) is 9.59 Å². The minimum absolute atomic E-state index is 0.299. The van der Waals surface area contributed by atoms with E-state index < -0.39 is 17.8 Å². The zero-order valence-corrected chi connectivity index (χ0v) is 8.88. The maximum atomic E-state index is 11.6. The molecule has 5 heteroatoms. The Balaban J connectivity index is 2.00. The van der Waals surface area contributed by atoms with Gasteiger partial charge in [-0.1, -0.05) is 6.07 Å². The number of carbonyl (C=O) groups is 2. The van der Waals surface area contributed by atoms with Crippen LogP contribution in [-0.2, 0) is 9.59 Å². The number of carboxylic acid groups (broad SMARTS) is 1. The summed E-state index contributed by atoms with van der Waals surface area (Å²) in [4.78, 5) is 22.2. The van der Waals surface area contributed by atoms with E-state index in [9.17, 15) is 9.59 Å². The summed E-state index contributed by atoms with van der Waals surface area (Å²) in [7, 11) is 0. The van der Waals surface area contributed by atoms with E-state index in [0.717, 1.165) is 0 Å². The van der Waals surface area contributed by atoms with E-state index in [0.29, 0.717) is 17.7 Å². The number of carbonyl (C=O) groups excluding carboxylic acids is 1. The van der Waals surface area contributed by atoms with Crippen LogP contribution in [0.4, 0.5) is 5.69 Å². The molecule has 1 fully saturated rings. The van der Waals surface area contributed by atoms with E-state index in [-0.39, 0.29) is 5.91 Å². The molecule has 0 radical (unpaired) electrons. The molecule has 1 aromatic rings. The van der Waals surface area contributed by atoms with Gasteiger partial charge in [0.2, 0.25) is 5.91 Å². The van der Waals surface area contributed by atoms with Crippen molar-refractivity contribution in [1.82, 2.24) is 0 Å². The lowest BCUT2D eigenvalue weighted by Crippen LogP contribution is -2.16. The van der Waals surface area contributed by atoms with Crippen molar-refractivity contribution in [3.63, 3.8) is 0 Å². The Bertz CT molecular complexity index is 519. The lowest BCUT2D eigenvalue weighted by Gasteiger charge is -2.04. The molecule has 0 spiro atoms. The van der Waals surface area contributed by atoms with Crippen molar-refractivity contribution < 1.29 is 14.7 Å². The van der Waals surface area contributed by atoms with Crippen molar-refractivity contribution in [2.45, 2.75) is 6.42 Å². The Labute approximate surface area is 97.7 Å². The highest BCUT2D eigenvalue weighted by molar-refractivity contribution is 5.98. The van der Waals surface area contributed by atoms with Gasteiger partial charge < -0.3 is 10.4 Å². The van der Waals surface area contributed by atoms with Crippen LogP contribution in [0, 0.1) is 23.2 Å². The van der Waals surface area contributed by atoms with Gasteiger partial charge >= 0.3 is 5.97 Å². The molecule has 0 aliphatic heterocycles. The molecule has 0 aromatic heterocycles. The fraction of sp³-hybridized carbons (Fsp3) is 0.250. The molecule has 86 valence electrons. The SMILES string of the molecule is N#Cc1cccc(NC(=O)[C@@H]2C[C@@H]2C(=O)O)c1. The molecule has 0 unspecified atom stereocenters. The number of benzene rings is 1. The normalized spacial score (nSPS) is 21.4. The Morgan fingerprint density at radius 2 is 2.18 bits per heavy atom. The van der Waals surface area contributed by atoms with Crippen molar-refractivity contribution in [3.05, 3.63) is 29.8 Å². The van der Waals surface area contributed by atoms with Crippen LogP contribution in [0.1, 0.15) is 12.0 Å². The number of nitrogens with one attached hydrogen (secondary N) is 1. The summed E-state index contributed by atoms with van der Waals surface area (Å²) in [5.41, 5.74) is 0.971. The predicted octanol–water partition coefficient (Wildman–Crippen LogP) is 1.22. The van der Waals surface area contributed by atoms with Gasteiger partial charge in [0.25, 0.3) is 0 Å². The van der Waals surface area contributed by atoms with E-state index in [4.69, 9.17) is 10.4 Å². The third-order valence-corrected chi connectivity index (χ3v) is 2.70. The summed E-state index contributed by atoms with van der Waals surface area (Å²) in [6.07, 6.45) is 0.388. The first-order valence-corrected chi connectivity index (χ1v) is 5.15. The monoisotopic (exact) mass is 230 g/mol. The molecule has 1 aromatic carbocycles. The Kier molecular flexibility index (Phi) is 2.79. The number of anilines is 1. The third kappa shape index (κ3) is 2.42. The molecule has 1 aliphatic carbocycles. The molecule has 2 N–H and O–H groups in total. The van der Waals surface area contributed by atoms with Gasteiger partial charge in [-0.2, -0.15) is 5.26 Å². The second kappa shape index (κ2) is 4.26. The minimum Gasteiger partial charge on any atom is -0.481 e. The molecule has 0 bridgehead atoms. The highest BCUT2D eigenvalue weighted by Gasteiger charge is 2.48. The molecule has 0 heterocycles. The van der Waals surface area contributed by atoms with E-state index in [1.54, 1.807) is 24.3 Å². The van der Waals surface area contributed by atoms with Crippen LogP contribution in [0.25, 0.3) is 0 Å². The number of aliphatic carboxylic acids is 1. The standard InChI is InChI=1S/C12H10N2O3/c13-6-7-2-1-3-8(4-7)14-11(15)9-5-10(9)12(16)17/h1-4,9-10H,5H2,(H,14,15)(H,16,17)/t9-,10+/m1/s1. The molecule has 17 heavy (non-hydrogen) atoms. The molecule has 1 aliphatic rings. The summed E-state index contributed by atoms with van der Waals surface area (Å²) in [6.45, 7) is 0. The first-order valence-electron chi connectivity index (χ1n) is 5.15. The van der Waals surface area contributed by atoms with E-state index in [1.165, 1.54) is 0 Å². The lowest BCUT2D eigenvalue weighted by atomic mass is 10.2. The highest BCUT2D eigenvalue weighted by atomic mass is 16.4. The molecule has 0 saturated heterocycles. The van der Waals surface area contributed by atoms with Crippen molar-refractivity contribution in [1.29, 1.82) is 5.26 Å². The molecular formula is C12H10N2O3. The van der Waals surface area contributed by atoms with Crippen molar-refractivity contribution in [2.24, 2.45) is 11.8 Å². The average molecular weight is 230 g/mol. The number of nitriles is 1. The second-order valence-electron chi connectivity index (χ2n) is 3.97. The van der Waals surface area contributed by atoms with Crippen molar-refractivity contribution >= 4 is 17.6 Å². The van der Waals surface area contributed by atoms with E-state index in [2.05, 4.69) is 5.32 Å². The van der Waals surface area contributed by atoms with Crippen LogP contribution in [0.2, 0.25) is 0 Å². The topological polar surface area (TPSA) is 90.2 Å². The Morgan fingerprint density at radius 3 is 2.76 bits per heavy atom.